The van der Waals surface area contributed by atoms with Gasteiger partial charge in [0.05, 0.1) is 11.0 Å². The zero-order valence-electron chi connectivity index (χ0n) is 16.5. The Hall–Kier alpha value is -2.68. The van der Waals surface area contributed by atoms with Gasteiger partial charge in [0.25, 0.3) is 0 Å². The maximum absolute atomic E-state index is 12.5. The van der Waals surface area contributed by atoms with Crippen LogP contribution in [-0.4, -0.2) is 32.8 Å². The van der Waals surface area contributed by atoms with E-state index in [4.69, 9.17) is 4.98 Å². The van der Waals surface area contributed by atoms with E-state index in [9.17, 15) is 13.2 Å². The van der Waals surface area contributed by atoms with E-state index in [1.54, 1.807) is 6.08 Å². The van der Waals surface area contributed by atoms with Crippen molar-refractivity contribution in [3.05, 3.63) is 41.3 Å². The van der Waals surface area contributed by atoms with Crippen molar-refractivity contribution in [2.45, 2.75) is 45.8 Å². The Morgan fingerprint density at radius 1 is 1.17 bits per heavy atom. The second-order valence-corrected chi connectivity index (χ2v) is 6.67. The summed E-state index contributed by atoms with van der Waals surface area (Å²) >= 11 is 0. The molecule has 29 heavy (non-hydrogen) atoms. The number of hydrogen-bond donors (Lipinski definition) is 1. The van der Waals surface area contributed by atoms with Gasteiger partial charge in [-0.25, -0.2) is 4.98 Å². The highest BCUT2D eigenvalue weighted by molar-refractivity contribution is 5.81. The number of alkyl halides is 3. The van der Waals surface area contributed by atoms with Crippen molar-refractivity contribution < 1.29 is 17.7 Å². The van der Waals surface area contributed by atoms with E-state index in [1.165, 1.54) is 6.08 Å². The lowest BCUT2D eigenvalue weighted by Gasteiger charge is -2.09. The number of unbranched alkanes of at least 4 members (excludes halogenated alkanes) is 1. The molecule has 3 rings (SSSR count). The molecule has 2 heterocycles. The molecule has 0 aliphatic heterocycles. The van der Waals surface area contributed by atoms with Crippen molar-refractivity contribution >= 4 is 23.2 Å². The molecule has 0 fully saturated rings. The molecule has 0 amide bonds. The van der Waals surface area contributed by atoms with Crippen molar-refractivity contribution in [2.75, 3.05) is 13.1 Å². The molecule has 0 unspecified atom stereocenters. The molecule has 1 N–H and O–H groups in total. The SMILES string of the molecule is CCCCc1nc2cc(/C=C/c3noc(C(F)(F)F)n3)ccc2n1CCNCC. The summed E-state index contributed by atoms with van der Waals surface area (Å²) < 4.78 is 44.1. The summed E-state index contributed by atoms with van der Waals surface area (Å²) in [5.74, 6) is -0.432. The highest BCUT2D eigenvalue weighted by Crippen LogP contribution is 2.27. The van der Waals surface area contributed by atoms with Crippen LogP contribution in [0.25, 0.3) is 23.2 Å². The number of nitrogens with one attached hydrogen (secondary N) is 1. The van der Waals surface area contributed by atoms with E-state index in [0.29, 0.717) is 0 Å². The number of aromatic nitrogens is 4. The van der Waals surface area contributed by atoms with Gasteiger partial charge < -0.3 is 14.4 Å². The standard InChI is InChI=1S/C20H24F3N5O/c1-3-5-6-18-25-15-13-14(7-9-16(15)28(18)12-11-24-4-2)8-10-17-26-19(29-27-17)20(21,22)23/h7-10,13,24H,3-6,11-12H2,1-2H3/b10-8+. The first kappa shape index (κ1) is 21.0. The highest BCUT2D eigenvalue weighted by atomic mass is 19.4. The predicted octanol–water partition coefficient (Wildman–Crippen LogP) is 4.56. The molecular weight excluding hydrogens is 383 g/mol. The van der Waals surface area contributed by atoms with Crippen LogP contribution in [0, 0.1) is 0 Å². The second kappa shape index (κ2) is 9.21. The number of hydrogen-bond acceptors (Lipinski definition) is 5. The fraction of sp³-hybridized carbons (Fsp3) is 0.450. The van der Waals surface area contributed by atoms with E-state index in [0.717, 1.165) is 61.3 Å². The first-order valence-corrected chi connectivity index (χ1v) is 9.71. The highest BCUT2D eigenvalue weighted by Gasteiger charge is 2.38. The minimum atomic E-state index is -4.65. The van der Waals surface area contributed by atoms with Crippen molar-refractivity contribution in [3.63, 3.8) is 0 Å². The Morgan fingerprint density at radius 3 is 2.69 bits per heavy atom. The lowest BCUT2D eigenvalue weighted by atomic mass is 10.2. The van der Waals surface area contributed by atoms with Gasteiger partial charge in [-0.2, -0.15) is 18.2 Å². The summed E-state index contributed by atoms with van der Waals surface area (Å²) in [6, 6.07) is 5.80. The normalized spacial score (nSPS) is 12.4. The lowest BCUT2D eigenvalue weighted by Crippen LogP contribution is -2.20. The first-order valence-electron chi connectivity index (χ1n) is 9.71. The van der Waals surface area contributed by atoms with Gasteiger partial charge in [-0.1, -0.05) is 37.6 Å². The molecule has 3 aromatic rings. The molecule has 0 bridgehead atoms. The predicted molar refractivity (Wildman–Crippen MR) is 105 cm³/mol. The second-order valence-electron chi connectivity index (χ2n) is 6.67. The molecule has 0 saturated heterocycles. The number of aryl methyl sites for hydroxylation is 1. The van der Waals surface area contributed by atoms with Crippen LogP contribution in [0.2, 0.25) is 0 Å². The molecule has 156 valence electrons. The average molecular weight is 407 g/mol. The van der Waals surface area contributed by atoms with Gasteiger partial charge in [0.1, 0.15) is 5.82 Å². The summed E-state index contributed by atoms with van der Waals surface area (Å²) in [4.78, 5) is 8.12. The Bertz CT molecular complexity index is 974. The lowest BCUT2D eigenvalue weighted by molar-refractivity contribution is -0.159. The summed E-state index contributed by atoms with van der Waals surface area (Å²) in [7, 11) is 0. The van der Waals surface area contributed by atoms with Crippen LogP contribution in [0.5, 0.6) is 0 Å². The van der Waals surface area contributed by atoms with Crippen molar-refractivity contribution in [2.24, 2.45) is 0 Å². The van der Waals surface area contributed by atoms with Crippen molar-refractivity contribution in [3.8, 4) is 0 Å². The van der Waals surface area contributed by atoms with Gasteiger partial charge in [-0.3, -0.25) is 0 Å². The van der Waals surface area contributed by atoms with E-state index in [1.807, 2.05) is 18.2 Å². The summed E-state index contributed by atoms with van der Waals surface area (Å²) in [6.07, 6.45) is 1.46. The maximum atomic E-state index is 12.5. The summed E-state index contributed by atoms with van der Waals surface area (Å²) in [5, 5.41) is 6.67. The number of benzene rings is 1. The Morgan fingerprint density at radius 2 is 2.00 bits per heavy atom. The molecule has 0 spiro atoms. The van der Waals surface area contributed by atoms with Crippen LogP contribution in [-0.2, 0) is 19.1 Å². The van der Waals surface area contributed by atoms with Gasteiger partial charge in [-0.05, 0) is 36.7 Å². The zero-order valence-corrected chi connectivity index (χ0v) is 16.5. The average Bonchev–Trinajstić information content (AvgIpc) is 3.29. The smallest absolute Gasteiger partial charge is 0.329 e. The molecule has 0 saturated carbocycles. The number of fused-ring (bicyclic) bond motifs is 1. The van der Waals surface area contributed by atoms with Gasteiger partial charge in [-0.15, -0.1) is 0 Å². The molecule has 0 radical (unpaired) electrons. The quantitative estimate of drug-likeness (QED) is 0.527. The summed E-state index contributed by atoms with van der Waals surface area (Å²) in [6.45, 7) is 6.84. The minimum absolute atomic E-state index is 0.128. The first-order chi connectivity index (χ1) is 13.9. The number of nitrogens with zero attached hydrogens (tertiary/aromatic N) is 4. The minimum Gasteiger partial charge on any atom is -0.329 e. The van der Waals surface area contributed by atoms with Gasteiger partial charge >= 0.3 is 12.1 Å². The monoisotopic (exact) mass is 407 g/mol. The third-order valence-corrected chi connectivity index (χ3v) is 4.48. The van der Waals surface area contributed by atoms with Crippen LogP contribution >= 0.6 is 0 Å². The topological polar surface area (TPSA) is 68.8 Å². The van der Waals surface area contributed by atoms with Gasteiger partial charge in [0, 0.05) is 19.5 Å². The fourth-order valence-electron chi connectivity index (χ4n) is 3.03. The van der Waals surface area contributed by atoms with E-state index >= 15 is 0 Å². The Labute approximate surface area is 166 Å². The van der Waals surface area contributed by atoms with E-state index < -0.39 is 12.1 Å². The van der Waals surface area contributed by atoms with Gasteiger partial charge in [0.2, 0.25) is 0 Å². The van der Waals surface area contributed by atoms with Crippen LogP contribution in [0.4, 0.5) is 13.2 Å². The van der Waals surface area contributed by atoms with Gasteiger partial charge in [0.15, 0.2) is 5.82 Å². The molecule has 9 heteroatoms. The third-order valence-electron chi connectivity index (χ3n) is 4.48. The van der Waals surface area contributed by atoms with E-state index in [2.05, 4.69) is 38.4 Å². The number of likely N-dealkylation sites (N-methyl/N-ethyl adjacent to an activating group) is 1. The van der Waals surface area contributed by atoms with Crippen molar-refractivity contribution in [1.82, 2.24) is 25.0 Å². The zero-order chi connectivity index (χ0) is 20.9. The number of rotatable bonds is 9. The Balaban J connectivity index is 1.84. The maximum Gasteiger partial charge on any atom is 0.471 e. The van der Waals surface area contributed by atoms with E-state index in [-0.39, 0.29) is 5.82 Å². The molecule has 6 nitrogen and oxygen atoms in total. The van der Waals surface area contributed by atoms with Crippen LogP contribution in [0.1, 0.15) is 49.8 Å². The van der Waals surface area contributed by atoms with Crippen molar-refractivity contribution in [1.29, 1.82) is 0 Å². The molecular formula is C20H24F3N5O. The number of halogens is 3. The molecule has 2 aromatic heterocycles. The Kier molecular flexibility index (Phi) is 6.68. The number of imidazole rings is 1. The molecule has 1 aromatic carbocycles. The van der Waals surface area contributed by atoms with Crippen LogP contribution < -0.4 is 5.32 Å². The molecule has 0 aliphatic carbocycles. The van der Waals surface area contributed by atoms with Crippen LogP contribution in [0.3, 0.4) is 0 Å². The summed E-state index contributed by atoms with van der Waals surface area (Å²) in [5.41, 5.74) is 2.71. The fourth-order valence-corrected chi connectivity index (χ4v) is 3.03. The molecule has 0 atom stereocenters. The third kappa shape index (κ3) is 5.23. The van der Waals surface area contributed by atoms with Crippen LogP contribution in [0.15, 0.2) is 22.7 Å². The largest absolute Gasteiger partial charge is 0.471 e. The molecule has 0 aliphatic rings.